The second-order valence-electron chi connectivity index (χ2n) is 10.6. The van der Waals surface area contributed by atoms with Gasteiger partial charge >= 0.3 is 0 Å². The Balaban J connectivity index is 1.54. The van der Waals surface area contributed by atoms with Crippen molar-refractivity contribution >= 4 is 39.1 Å². The Morgan fingerprint density at radius 3 is 2.59 bits per heavy atom. The average molecular weight is 520 g/mol. The summed E-state index contributed by atoms with van der Waals surface area (Å²) in [5.41, 5.74) is 1.09. The van der Waals surface area contributed by atoms with E-state index in [0.29, 0.717) is 35.3 Å². The van der Waals surface area contributed by atoms with Crippen LogP contribution in [0.4, 0.5) is 10.2 Å². The number of phenolic OH excluding ortho intramolecular Hbond substituents is 1. The number of benzene rings is 3. The minimum absolute atomic E-state index is 0.0632. The zero-order chi connectivity index (χ0) is 25.7. The molecule has 37 heavy (non-hydrogen) atoms. The topological polar surface area (TPSA) is 64.5 Å². The molecule has 2 saturated heterocycles. The van der Waals surface area contributed by atoms with E-state index >= 15 is 4.39 Å². The van der Waals surface area contributed by atoms with Gasteiger partial charge in [-0.05, 0) is 74.4 Å². The van der Waals surface area contributed by atoms with Crippen molar-refractivity contribution in [3.05, 3.63) is 59.1 Å². The highest BCUT2D eigenvalue weighted by atomic mass is 35.5. The number of aryl methyl sites for hydroxylation is 1. The van der Waals surface area contributed by atoms with E-state index in [0.717, 1.165) is 55.5 Å². The van der Waals surface area contributed by atoms with Gasteiger partial charge < -0.3 is 20.2 Å². The van der Waals surface area contributed by atoms with E-state index in [1.807, 2.05) is 38.4 Å². The Morgan fingerprint density at radius 2 is 1.84 bits per heavy atom. The van der Waals surface area contributed by atoms with Gasteiger partial charge in [0.2, 0.25) is 0 Å². The molecule has 2 atom stereocenters. The summed E-state index contributed by atoms with van der Waals surface area (Å²) in [5.74, 6) is 0.988. The van der Waals surface area contributed by atoms with Gasteiger partial charge in [0.1, 0.15) is 22.9 Å². The lowest BCUT2D eigenvalue weighted by molar-refractivity contribution is 0.398. The second-order valence-corrected chi connectivity index (χ2v) is 11.0. The molecule has 2 aliphatic rings. The van der Waals surface area contributed by atoms with Crippen LogP contribution in [0.3, 0.4) is 0 Å². The summed E-state index contributed by atoms with van der Waals surface area (Å²) in [7, 11) is 4.08. The fourth-order valence-electron chi connectivity index (χ4n) is 5.85. The molecule has 8 heteroatoms. The third-order valence-electron chi connectivity index (χ3n) is 7.55. The van der Waals surface area contributed by atoms with Crippen LogP contribution in [-0.2, 0) is 6.42 Å². The number of fused-ring (bicyclic) bond motifs is 4. The standard InChI is InChI=1S/C29H31ClFN5O/c1-35(2)11-5-8-25-33-28-23(29(34-25)36-15-18-9-10-19(16-36)32-18)14-24(30)26(27(28)31)22-13-20(37)12-17-6-3-4-7-21(17)22/h3-4,6-7,12-14,18-19,32,37H,5,8-11,15-16H2,1-2H3. The number of halogens is 2. The second kappa shape index (κ2) is 9.71. The molecular formula is C29H31ClFN5O. The van der Waals surface area contributed by atoms with Gasteiger partial charge in [0, 0.05) is 42.5 Å². The largest absolute Gasteiger partial charge is 0.508 e. The average Bonchev–Trinajstić information content (AvgIpc) is 3.21. The number of hydrogen-bond donors (Lipinski definition) is 2. The molecule has 4 aromatic rings. The van der Waals surface area contributed by atoms with Crippen LogP contribution >= 0.6 is 11.6 Å². The van der Waals surface area contributed by atoms with Crippen LogP contribution in [0.1, 0.15) is 25.1 Å². The number of rotatable bonds is 6. The van der Waals surface area contributed by atoms with Crippen molar-refractivity contribution in [3.8, 4) is 16.9 Å². The Kier molecular flexibility index (Phi) is 6.39. The maximum absolute atomic E-state index is 16.5. The van der Waals surface area contributed by atoms with Crippen molar-refractivity contribution in [2.75, 3.05) is 38.6 Å². The summed E-state index contributed by atoms with van der Waals surface area (Å²) in [4.78, 5) is 14.1. The Morgan fingerprint density at radius 1 is 1.08 bits per heavy atom. The van der Waals surface area contributed by atoms with E-state index in [9.17, 15) is 5.11 Å². The van der Waals surface area contributed by atoms with Gasteiger partial charge in [0.15, 0.2) is 5.82 Å². The predicted molar refractivity (Wildman–Crippen MR) is 148 cm³/mol. The van der Waals surface area contributed by atoms with Crippen LogP contribution in [0.15, 0.2) is 42.5 Å². The number of nitrogens with zero attached hydrogens (tertiary/aromatic N) is 4. The first-order valence-corrected chi connectivity index (χ1v) is 13.3. The van der Waals surface area contributed by atoms with Gasteiger partial charge in [-0.1, -0.05) is 35.9 Å². The molecule has 0 radical (unpaired) electrons. The van der Waals surface area contributed by atoms with Gasteiger partial charge in [-0.3, -0.25) is 0 Å². The smallest absolute Gasteiger partial charge is 0.158 e. The molecule has 0 spiro atoms. The molecule has 2 bridgehead atoms. The van der Waals surface area contributed by atoms with Gasteiger partial charge in [0.25, 0.3) is 0 Å². The Labute approximate surface area is 221 Å². The zero-order valence-electron chi connectivity index (χ0n) is 21.1. The summed E-state index contributed by atoms with van der Waals surface area (Å²) in [6, 6.07) is 13.5. The van der Waals surface area contributed by atoms with E-state index in [4.69, 9.17) is 21.6 Å². The lowest BCUT2D eigenvalue weighted by Crippen LogP contribution is -2.51. The minimum atomic E-state index is -0.478. The first-order valence-electron chi connectivity index (χ1n) is 12.9. The van der Waals surface area contributed by atoms with Crippen molar-refractivity contribution in [2.24, 2.45) is 0 Å². The van der Waals surface area contributed by atoms with Crippen LogP contribution in [0.25, 0.3) is 32.8 Å². The summed E-state index contributed by atoms with van der Waals surface area (Å²) < 4.78 is 16.5. The molecular weight excluding hydrogens is 489 g/mol. The Hall–Kier alpha value is -3.00. The number of phenols is 1. The number of anilines is 1. The summed E-state index contributed by atoms with van der Waals surface area (Å²) in [6.07, 6.45) is 3.82. The summed E-state index contributed by atoms with van der Waals surface area (Å²) in [5, 5.41) is 16.6. The number of aromatic nitrogens is 2. The highest BCUT2D eigenvalue weighted by molar-refractivity contribution is 6.35. The molecule has 0 saturated carbocycles. The van der Waals surface area contributed by atoms with Crippen LogP contribution < -0.4 is 10.2 Å². The van der Waals surface area contributed by atoms with Crippen molar-refractivity contribution in [1.29, 1.82) is 0 Å². The van der Waals surface area contributed by atoms with E-state index < -0.39 is 5.82 Å². The molecule has 192 valence electrons. The quantitative estimate of drug-likeness (QED) is 0.356. The summed E-state index contributed by atoms with van der Waals surface area (Å²) in [6.45, 7) is 2.56. The van der Waals surface area contributed by atoms with Crippen LogP contribution in [0.5, 0.6) is 5.75 Å². The summed E-state index contributed by atoms with van der Waals surface area (Å²) >= 11 is 6.82. The minimum Gasteiger partial charge on any atom is -0.508 e. The lowest BCUT2D eigenvalue weighted by Gasteiger charge is -2.34. The lowest BCUT2D eigenvalue weighted by atomic mass is 9.96. The first-order chi connectivity index (χ1) is 17.9. The fraction of sp³-hybridized carbons (Fsp3) is 0.379. The third kappa shape index (κ3) is 4.60. The van der Waals surface area contributed by atoms with Crippen LogP contribution in [0.2, 0.25) is 5.02 Å². The fourth-order valence-corrected chi connectivity index (χ4v) is 6.14. The molecule has 3 aromatic carbocycles. The van der Waals surface area contributed by atoms with Gasteiger partial charge in [-0.15, -0.1) is 0 Å². The van der Waals surface area contributed by atoms with Gasteiger partial charge in [0.05, 0.1) is 5.02 Å². The van der Waals surface area contributed by atoms with Crippen molar-refractivity contribution in [1.82, 2.24) is 20.2 Å². The van der Waals surface area contributed by atoms with E-state index in [1.54, 1.807) is 18.2 Å². The van der Waals surface area contributed by atoms with Crippen molar-refractivity contribution < 1.29 is 9.50 Å². The van der Waals surface area contributed by atoms with Crippen molar-refractivity contribution in [3.63, 3.8) is 0 Å². The van der Waals surface area contributed by atoms with Crippen LogP contribution in [-0.4, -0.2) is 65.8 Å². The molecule has 2 fully saturated rings. The molecule has 2 N–H and O–H groups in total. The van der Waals surface area contributed by atoms with Gasteiger partial charge in [-0.25, -0.2) is 14.4 Å². The van der Waals surface area contributed by atoms with E-state index in [1.165, 1.54) is 0 Å². The third-order valence-corrected chi connectivity index (χ3v) is 7.84. The van der Waals surface area contributed by atoms with Crippen molar-refractivity contribution in [2.45, 2.75) is 37.8 Å². The molecule has 2 aliphatic heterocycles. The first kappa shape index (κ1) is 24.3. The molecule has 0 aliphatic carbocycles. The molecule has 3 heterocycles. The van der Waals surface area contributed by atoms with Gasteiger partial charge in [-0.2, -0.15) is 0 Å². The molecule has 1 aromatic heterocycles. The monoisotopic (exact) mass is 519 g/mol. The number of piperazine rings is 1. The maximum Gasteiger partial charge on any atom is 0.158 e. The molecule has 2 unspecified atom stereocenters. The highest BCUT2D eigenvalue weighted by Crippen LogP contribution is 2.42. The van der Waals surface area contributed by atoms with Crippen LogP contribution in [0, 0.1) is 5.82 Å². The Bertz CT molecular complexity index is 1480. The number of nitrogens with one attached hydrogen (secondary N) is 1. The van der Waals surface area contributed by atoms with E-state index in [2.05, 4.69) is 15.1 Å². The molecule has 6 nitrogen and oxygen atoms in total. The predicted octanol–water partition coefficient (Wildman–Crippen LogP) is 5.38. The molecule has 6 rings (SSSR count). The highest BCUT2D eigenvalue weighted by Gasteiger charge is 2.34. The molecule has 0 amide bonds. The number of hydrogen-bond acceptors (Lipinski definition) is 6. The zero-order valence-corrected chi connectivity index (χ0v) is 21.9. The normalized spacial score (nSPS) is 19.4. The SMILES string of the molecule is CN(C)CCCc1nc(N2CC3CCC(C2)N3)c2cc(Cl)c(-c3cc(O)cc4ccccc34)c(F)c2n1. The maximum atomic E-state index is 16.5. The van der Waals surface area contributed by atoms with E-state index in [-0.39, 0.29) is 21.9 Å². The number of aromatic hydroxyl groups is 1.